The largest absolute Gasteiger partial charge is 1.00 e. The molecule has 0 unspecified atom stereocenters. The Labute approximate surface area is 129 Å². The summed E-state index contributed by atoms with van der Waals surface area (Å²) < 4.78 is 3.82. The molecule has 3 heterocycles. The van der Waals surface area contributed by atoms with Gasteiger partial charge in [0.25, 0.3) is 0 Å². The Balaban J connectivity index is 0.00000161. The van der Waals surface area contributed by atoms with E-state index in [-0.39, 0.29) is 12.4 Å². The van der Waals surface area contributed by atoms with Crippen molar-refractivity contribution >= 4 is 17.0 Å². The monoisotopic (exact) mass is 303 g/mol. The summed E-state index contributed by atoms with van der Waals surface area (Å²) in [6.45, 7) is 0.807. The Morgan fingerprint density at radius 1 is 1.24 bits per heavy atom. The van der Waals surface area contributed by atoms with Crippen molar-refractivity contribution in [1.29, 1.82) is 0 Å². The molecule has 0 saturated heterocycles. The molecule has 110 valence electrons. The average Bonchev–Trinajstić information content (AvgIpc) is 2.78. The number of aryl methyl sites for hydroxylation is 1. The summed E-state index contributed by atoms with van der Waals surface area (Å²) in [5.74, 6) is 0.748. The molecule has 3 N–H and O–H groups in total. The van der Waals surface area contributed by atoms with Gasteiger partial charge < -0.3 is 23.5 Å². The molecule has 0 radical (unpaired) electrons. The lowest BCUT2D eigenvalue weighted by Gasteiger charge is -2.03. The average molecular weight is 304 g/mol. The van der Waals surface area contributed by atoms with Crippen LogP contribution in [-0.2, 0) is 13.5 Å². The first-order chi connectivity index (χ1) is 9.74. The van der Waals surface area contributed by atoms with Gasteiger partial charge in [0.15, 0.2) is 18.2 Å². The highest BCUT2D eigenvalue weighted by atomic mass is 35.5. The van der Waals surface area contributed by atoms with Gasteiger partial charge >= 0.3 is 0 Å². The summed E-state index contributed by atoms with van der Waals surface area (Å²) in [6.07, 6.45) is 6.94. The zero-order valence-corrected chi connectivity index (χ0v) is 12.6. The number of nitrogens with one attached hydrogen (secondary N) is 1. The number of aromatic nitrogens is 3. The molecule has 0 saturated carbocycles. The van der Waals surface area contributed by atoms with Crippen molar-refractivity contribution in [3.05, 3.63) is 54.5 Å². The van der Waals surface area contributed by atoms with Crippen molar-refractivity contribution in [2.45, 2.75) is 6.42 Å². The van der Waals surface area contributed by atoms with Crippen LogP contribution < -0.4 is 28.0 Å². The lowest BCUT2D eigenvalue weighted by Crippen LogP contribution is -3.00. The van der Waals surface area contributed by atoms with Crippen molar-refractivity contribution in [1.82, 2.24) is 9.61 Å². The molecule has 3 rings (SSSR count). The van der Waals surface area contributed by atoms with Crippen LogP contribution in [0.4, 0.5) is 11.5 Å². The molecule has 0 atom stereocenters. The molecule has 0 aliphatic rings. The molecule has 0 amide bonds. The fourth-order valence-corrected chi connectivity index (χ4v) is 2.17. The predicted molar refractivity (Wildman–Crippen MR) is 79.4 cm³/mol. The van der Waals surface area contributed by atoms with Gasteiger partial charge in [-0.1, -0.05) is 6.07 Å². The Kier molecular flexibility index (Phi) is 4.65. The standard InChI is InChI=1S/C15H18N5.ClH/c1-19-10-6-12(7-11-19)5-8-17-15-14(16)13-4-2-3-9-20(13)18-15;/h2-4,6-7,9-11H,5,8,16H2,1H3,(H,17,18);1H/q+1;/p-1. The fourth-order valence-electron chi connectivity index (χ4n) is 2.17. The van der Waals surface area contributed by atoms with E-state index < -0.39 is 0 Å². The van der Waals surface area contributed by atoms with Crippen LogP contribution in [0.1, 0.15) is 5.56 Å². The van der Waals surface area contributed by atoms with E-state index in [1.165, 1.54) is 5.56 Å². The summed E-state index contributed by atoms with van der Waals surface area (Å²) in [4.78, 5) is 0. The second kappa shape index (κ2) is 6.45. The van der Waals surface area contributed by atoms with Gasteiger partial charge in [0.1, 0.15) is 12.7 Å². The molecular formula is C15H18ClN5. The molecule has 0 aliphatic heterocycles. The van der Waals surface area contributed by atoms with Crippen molar-refractivity contribution in [2.75, 3.05) is 17.6 Å². The number of halogens is 1. The van der Waals surface area contributed by atoms with Crippen LogP contribution in [0.15, 0.2) is 48.9 Å². The van der Waals surface area contributed by atoms with Crippen LogP contribution in [0.2, 0.25) is 0 Å². The maximum absolute atomic E-state index is 6.09. The number of rotatable bonds is 4. The third-order valence-corrected chi connectivity index (χ3v) is 3.33. The van der Waals surface area contributed by atoms with Crippen LogP contribution in [-0.4, -0.2) is 16.2 Å². The Morgan fingerprint density at radius 3 is 2.71 bits per heavy atom. The van der Waals surface area contributed by atoms with Crippen molar-refractivity contribution in [2.24, 2.45) is 7.05 Å². The molecule has 0 aromatic carbocycles. The van der Waals surface area contributed by atoms with Crippen LogP contribution in [0.3, 0.4) is 0 Å². The number of hydrogen-bond acceptors (Lipinski definition) is 3. The van der Waals surface area contributed by atoms with Gasteiger partial charge in [-0.2, -0.15) is 0 Å². The van der Waals surface area contributed by atoms with Crippen molar-refractivity contribution in [3.8, 4) is 0 Å². The highest BCUT2D eigenvalue weighted by molar-refractivity contribution is 5.80. The van der Waals surface area contributed by atoms with E-state index in [0.29, 0.717) is 5.69 Å². The molecule has 0 aliphatic carbocycles. The van der Waals surface area contributed by atoms with Gasteiger partial charge in [0.05, 0.1) is 5.52 Å². The number of hydrogen-bond donors (Lipinski definition) is 2. The topological polar surface area (TPSA) is 59.2 Å². The lowest BCUT2D eigenvalue weighted by molar-refractivity contribution is -0.671. The quantitative estimate of drug-likeness (QED) is 0.571. The number of nitrogens with zero attached hydrogens (tertiary/aromatic N) is 3. The Morgan fingerprint density at radius 2 is 2.00 bits per heavy atom. The molecule has 3 aromatic heterocycles. The third kappa shape index (κ3) is 3.25. The van der Waals surface area contributed by atoms with Crippen LogP contribution in [0, 0.1) is 0 Å². The van der Waals surface area contributed by atoms with Gasteiger partial charge in [-0.05, 0) is 24.1 Å². The number of pyridine rings is 2. The van der Waals surface area contributed by atoms with Gasteiger partial charge in [0, 0.05) is 24.9 Å². The first kappa shape index (κ1) is 15.1. The predicted octanol–water partition coefficient (Wildman–Crippen LogP) is -1.60. The summed E-state index contributed by atoms with van der Waals surface area (Å²) >= 11 is 0. The molecule has 3 aromatic rings. The molecule has 21 heavy (non-hydrogen) atoms. The highest BCUT2D eigenvalue weighted by Crippen LogP contribution is 2.22. The molecule has 0 spiro atoms. The minimum atomic E-state index is 0. The number of fused-ring (bicyclic) bond motifs is 1. The van der Waals surface area contributed by atoms with Gasteiger partial charge in [-0.3, -0.25) is 0 Å². The molecule has 5 nitrogen and oxygen atoms in total. The van der Waals surface area contributed by atoms with E-state index in [2.05, 4.69) is 34.9 Å². The van der Waals surface area contributed by atoms with E-state index in [4.69, 9.17) is 5.73 Å². The first-order valence-electron chi connectivity index (χ1n) is 6.65. The normalized spacial score (nSPS) is 10.3. The third-order valence-electron chi connectivity index (χ3n) is 3.33. The minimum Gasteiger partial charge on any atom is -1.00 e. The summed E-state index contributed by atoms with van der Waals surface area (Å²) in [6, 6.07) is 10.1. The molecule has 0 bridgehead atoms. The lowest BCUT2D eigenvalue weighted by atomic mass is 10.2. The van der Waals surface area contributed by atoms with E-state index in [1.807, 2.05) is 36.0 Å². The molecule has 0 fully saturated rings. The molecular weight excluding hydrogens is 286 g/mol. The smallest absolute Gasteiger partial charge is 0.172 e. The highest BCUT2D eigenvalue weighted by Gasteiger charge is 2.08. The van der Waals surface area contributed by atoms with Gasteiger partial charge in [-0.25, -0.2) is 9.08 Å². The zero-order valence-electron chi connectivity index (χ0n) is 11.8. The zero-order chi connectivity index (χ0) is 13.9. The summed E-state index contributed by atoms with van der Waals surface area (Å²) in [5, 5.41) is 7.74. The fraction of sp³-hybridized carbons (Fsp3) is 0.200. The van der Waals surface area contributed by atoms with E-state index in [0.717, 1.165) is 24.3 Å². The maximum atomic E-state index is 6.09. The van der Waals surface area contributed by atoms with Crippen LogP contribution in [0.25, 0.3) is 5.52 Å². The first-order valence-corrected chi connectivity index (χ1v) is 6.65. The Hall–Kier alpha value is -2.27. The summed E-state index contributed by atoms with van der Waals surface area (Å²) in [5.41, 5.74) is 9.01. The number of nitrogens with two attached hydrogens (primary N) is 1. The Bertz CT molecular complexity index is 721. The van der Waals surface area contributed by atoms with E-state index >= 15 is 0 Å². The maximum Gasteiger partial charge on any atom is 0.172 e. The van der Waals surface area contributed by atoms with Gasteiger partial charge in [0.2, 0.25) is 0 Å². The van der Waals surface area contributed by atoms with Crippen LogP contribution >= 0.6 is 0 Å². The van der Waals surface area contributed by atoms with Crippen LogP contribution in [0.5, 0.6) is 0 Å². The van der Waals surface area contributed by atoms with Crippen molar-refractivity contribution in [3.63, 3.8) is 0 Å². The summed E-state index contributed by atoms with van der Waals surface area (Å²) in [7, 11) is 2.01. The number of anilines is 2. The van der Waals surface area contributed by atoms with Crippen molar-refractivity contribution < 1.29 is 17.0 Å². The van der Waals surface area contributed by atoms with Gasteiger partial charge in [-0.15, -0.1) is 5.10 Å². The second-order valence-electron chi connectivity index (χ2n) is 4.84. The number of nitrogen functional groups attached to an aromatic ring is 1. The second-order valence-corrected chi connectivity index (χ2v) is 4.84. The minimum absolute atomic E-state index is 0. The molecule has 6 heteroatoms. The SMILES string of the molecule is C[n+]1ccc(CCNc2nn3ccccc3c2N)cc1.[Cl-]. The van der Waals surface area contributed by atoms with E-state index in [9.17, 15) is 0 Å². The van der Waals surface area contributed by atoms with E-state index in [1.54, 1.807) is 4.52 Å².